The van der Waals surface area contributed by atoms with E-state index in [0.717, 1.165) is 47.0 Å². The fraction of sp³-hybridized carbons (Fsp3) is 0.182. The van der Waals surface area contributed by atoms with Crippen molar-refractivity contribution in [3.63, 3.8) is 0 Å². The van der Waals surface area contributed by atoms with Gasteiger partial charge >= 0.3 is 0 Å². The fourth-order valence-corrected chi connectivity index (χ4v) is 6.16. The molecule has 0 saturated heterocycles. The van der Waals surface area contributed by atoms with Gasteiger partial charge in [0.05, 0.1) is 0 Å². The first kappa shape index (κ1) is 30.9. The molecule has 46 heavy (non-hydrogen) atoms. The van der Waals surface area contributed by atoms with E-state index < -0.39 is 0 Å². The predicted molar refractivity (Wildman–Crippen MR) is 198 cm³/mol. The van der Waals surface area contributed by atoms with Gasteiger partial charge in [0.1, 0.15) is 0 Å². The average molecular weight is 601 g/mol. The quantitative estimate of drug-likeness (QED) is 0.146. The van der Waals surface area contributed by atoms with Crippen LogP contribution in [0.1, 0.15) is 38.8 Å². The molecular weight excluding hydrogens is 556 g/mol. The van der Waals surface area contributed by atoms with Gasteiger partial charge in [-0.15, -0.1) is 0 Å². The Morgan fingerprint density at radius 3 is 0.870 bits per heavy atom. The Kier molecular flexibility index (Phi) is 9.65. The minimum Gasteiger partial charge on any atom is -0.311 e. The summed E-state index contributed by atoms with van der Waals surface area (Å²) in [5.41, 5.74) is 12.0. The summed E-state index contributed by atoms with van der Waals surface area (Å²) in [6.45, 7) is 9.08. The second-order valence-corrected chi connectivity index (χ2v) is 13.0. The van der Waals surface area contributed by atoms with Crippen LogP contribution in [0.3, 0.4) is 0 Å². The van der Waals surface area contributed by atoms with Crippen LogP contribution in [0.2, 0.25) is 0 Å². The third-order valence-electron chi connectivity index (χ3n) is 8.29. The van der Waals surface area contributed by atoms with E-state index in [1.165, 1.54) is 22.3 Å². The van der Waals surface area contributed by atoms with E-state index in [2.05, 4.69) is 195 Å². The lowest BCUT2D eigenvalue weighted by molar-refractivity contribution is 0.647. The summed E-state index contributed by atoms with van der Waals surface area (Å²) in [6, 6.07) is 57.1. The normalized spacial score (nSPS) is 11.2. The fourth-order valence-electron chi connectivity index (χ4n) is 6.16. The highest BCUT2D eigenvalue weighted by Gasteiger charge is 2.15. The summed E-state index contributed by atoms with van der Waals surface area (Å²) in [7, 11) is 0. The third kappa shape index (κ3) is 7.41. The monoisotopic (exact) mass is 600 g/mol. The van der Waals surface area contributed by atoms with Gasteiger partial charge in [-0.1, -0.05) is 113 Å². The predicted octanol–water partition coefficient (Wildman–Crippen LogP) is 12.7. The van der Waals surface area contributed by atoms with Crippen molar-refractivity contribution in [2.45, 2.75) is 40.5 Å². The van der Waals surface area contributed by atoms with Gasteiger partial charge in [0, 0.05) is 34.1 Å². The summed E-state index contributed by atoms with van der Waals surface area (Å²) < 4.78 is 0. The zero-order chi connectivity index (χ0) is 31.9. The molecule has 0 bridgehead atoms. The van der Waals surface area contributed by atoms with Crippen LogP contribution < -0.4 is 9.80 Å². The van der Waals surface area contributed by atoms with Crippen LogP contribution in [0.25, 0.3) is 11.1 Å². The van der Waals surface area contributed by atoms with Gasteiger partial charge in [-0.25, -0.2) is 0 Å². The molecule has 0 fully saturated rings. The molecule has 0 spiro atoms. The standard InChI is InChI=1S/C44H44N2/c1-33(2)31-35-15-23-41(24-16-35)45(39-11-7-5-8-12-39)43-27-19-37(20-28-43)38-21-29-44(30-22-38)46(40-13-9-6-10-14-40)42-25-17-36(18-26-42)32-34(3)4/h5-30,33-34H,31-32H2,1-4H3. The Labute approximate surface area is 275 Å². The number of para-hydroxylation sites is 2. The van der Waals surface area contributed by atoms with Crippen LogP contribution in [0.4, 0.5) is 34.1 Å². The maximum Gasteiger partial charge on any atom is 0.0462 e. The third-order valence-corrected chi connectivity index (χ3v) is 8.29. The van der Waals surface area contributed by atoms with Crippen LogP contribution in [-0.4, -0.2) is 0 Å². The first-order valence-electron chi connectivity index (χ1n) is 16.5. The van der Waals surface area contributed by atoms with Crippen molar-refractivity contribution >= 4 is 34.1 Å². The van der Waals surface area contributed by atoms with Crippen LogP contribution >= 0.6 is 0 Å². The number of nitrogens with zero attached hydrogens (tertiary/aromatic N) is 2. The van der Waals surface area contributed by atoms with Gasteiger partial charge in [-0.05, 0) is 120 Å². The number of anilines is 6. The second kappa shape index (κ2) is 14.3. The first-order chi connectivity index (χ1) is 22.4. The highest BCUT2D eigenvalue weighted by Crippen LogP contribution is 2.38. The van der Waals surface area contributed by atoms with Crippen molar-refractivity contribution in [3.8, 4) is 11.1 Å². The van der Waals surface area contributed by atoms with E-state index in [-0.39, 0.29) is 0 Å². The lowest BCUT2D eigenvalue weighted by Crippen LogP contribution is -2.10. The Balaban J connectivity index is 1.27. The molecule has 0 radical (unpaired) electrons. The molecule has 2 heteroatoms. The SMILES string of the molecule is CC(C)Cc1ccc(N(c2ccccc2)c2ccc(-c3ccc(N(c4ccccc4)c4ccc(CC(C)C)cc4)cc3)cc2)cc1. The van der Waals surface area contributed by atoms with Gasteiger partial charge < -0.3 is 9.80 Å². The van der Waals surface area contributed by atoms with Crippen LogP contribution in [-0.2, 0) is 12.8 Å². The zero-order valence-corrected chi connectivity index (χ0v) is 27.5. The summed E-state index contributed by atoms with van der Waals surface area (Å²) in [5, 5.41) is 0. The largest absolute Gasteiger partial charge is 0.311 e. The number of hydrogen-bond acceptors (Lipinski definition) is 2. The lowest BCUT2D eigenvalue weighted by Gasteiger charge is -2.26. The molecule has 0 saturated carbocycles. The molecule has 0 aliphatic rings. The molecule has 0 amide bonds. The van der Waals surface area contributed by atoms with E-state index in [0.29, 0.717) is 11.8 Å². The van der Waals surface area contributed by atoms with Crippen molar-refractivity contribution < 1.29 is 0 Å². The summed E-state index contributed by atoms with van der Waals surface area (Å²) in [5.74, 6) is 1.28. The number of rotatable bonds is 11. The minimum atomic E-state index is 0.639. The van der Waals surface area contributed by atoms with Crippen LogP contribution in [0.5, 0.6) is 0 Å². The van der Waals surface area contributed by atoms with Crippen molar-refractivity contribution in [1.29, 1.82) is 0 Å². The maximum absolute atomic E-state index is 2.33. The zero-order valence-electron chi connectivity index (χ0n) is 27.5. The van der Waals surface area contributed by atoms with Crippen molar-refractivity contribution in [2.24, 2.45) is 11.8 Å². The molecule has 0 aliphatic heterocycles. The van der Waals surface area contributed by atoms with Gasteiger partial charge in [0.25, 0.3) is 0 Å². The Morgan fingerprint density at radius 2 is 0.587 bits per heavy atom. The van der Waals surface area contributed by atoms with Gasteiger partial charge in [0.2, 0.25) is 0 Å². The molecular formula is C44H44N2. The average Bonchev–Trinajstić information content (AvgIpc) is 3.08. The van der Waals surface area contributed by atoms with E-state index in [9.17, 15) is 0 Å². The molecule has 0 unspecified atom stereocenters. The molecule has 0 heterocycles. The van der Waals surface area contributed by atoms with Crippen molar-refractivity contribution in [3.05, 3.63) is 169 Å². The number of benzene rings is 6. The Bertz CT molecular complexity index is 1650. The highest BCUT2D eigenvalue weighted by atomic mass is 15.1. The lowest BCUT2D eigenvalue weighted by atomic mass is 10.0. The van der Waals surface area contributed by atoms with E-state index in [1.807, 2.05) is 0 Å². The molecule has 0 N–H and O–H groups in total. The summed E-state index contributed by atoms with van der Waals surface area (Å²) in [4.78, 5) is 4.66. The second-order valence-electron chi connectivity index (χ2n) is 13.0. The molecule has 6 aromatic rings. The minimum absolute atomic E-state index is 0.639. The summed E-state index contributed by atoms with van der Waals surface area (Å²) >= 11 is 0. The van der Waals surface area contributed by atoms with E-state index in [4.69, 9.17) is 0 Å². The maximum atomic E-state index is 2.33. The number of hydrogen-bond donors (Lipinski definition) is 0. The van der Waals surface area contributed by atoms with E-state index >= 15 is 0 Å². The molecule has 230 valence electrons. The molecule has 6 rings (SSSR count). The Morgan fingerprint density at radius 1 is 0.326 bits per heavy atom. The molecule has 0 aromatic heterocycles. The van der Waals surface area contributed by atoms with E-state index in [1.54, 1.807) is 0 Å². The van der Waals surface area contributed by atoms with Crippen LogP contribution in [0.15, 0.2) is 158 Å². The van der Waals surface area contributed by atoms with Gasteiger partial charge in [0.15, 0.2) is 0 Å². The topological polar surface area (TPSA) is 6.48 Å². The van der Waals surface area contributed by atoms with Crippen LogP contribution in [0, 0.1) is 11.8 Å². The van der Waals surface area contributed by atoms with Gasteiger partial charge in [-0.3, -0.25) is 0 Å². The van der Waals surface area contributed by atoms with Gasteiger partial charge in [-0.2, -0.15) is 0 Å². The highest BCUT2D eigenvalue weighted by molar-refractivity contribution is 5.80. The molecule has 2 nitrogen and oxygen atoms in total. The molecule has 0 aliphatic carbocycles. The van der Waals surface area contributed by atoms with Crippen molar-refractivity contribution in [2.75, 3.05) is 9.80 Å². The molecule has 0 atom stereocenters. The summed E-state index contributed by atoms with van der Waals surface area (Å²) in [6.07, 6.45) is 2.18. The first-order valence-corrected chi connectivity index (χ1v) is 16.5. The Hall–Kier alpha value is -5.08. The van der Waals surface area contributed by atoms with Crippen molar-refractivity contribution in [1.82, 2.24) is 0 Å². The smallest absolute Gasteiger partial charge is 0.0462 e. The molecule has 6 aromatic carbocycles.